The van der Waals surface area contributed by atoms with Crippen LogP contribution in [0.3, 0.4) is 0 Å². The van der Waals surface area contributed by atoms with Gasteiger partial charge in [-0.05, 0) is 43.0 Å². The van der Waals surface area contributed by atoms with Gasteiger partial charge in [-0.25, -0.2) is 0 Å². The fourth-order valence-corrected chi connectivity index (χ4v) is 2.46. The Morgan fingerprint density at radius 3 is 2.83 bits per heavy atom. The van der Waals surface area contributed by atoms with E-state index in [0.717, 1.165) is 17.3 Å². The van der Waals surface area contributed by atoms with Crippen LogP contribution in [-0.4, -0.2) is 24.5 Å². The molecule has 1 aromatic rings. The number of nitrogens with one attached hydrogen (secondary N) is 1. The summed E-state index contributed by atoms with van der Waals surface area (Å²) in [6.07, 6.45) is 5.48. The van der Waals surface area contributed by atoms with E-state index < -0.39 is 0 Å². The summed E-state index contributed by atoms with van der Waals surface area (Å²) in [7, 11) is 0. The Hall–Kier alpha value is -0.680. The minimum atomic E-state index is -0.0927. The molecule has 3 nitrogen and oxygen atoms in total. The van der Waals surface area contributed by atoms with Gasteiger partial charge in [0.2, 0.25) is 0 Å². The summed E-state index contributed by atoms with van der Waals surface area (Å²) >= 11 is 5.18. The Labute approximate surface area is 121 Å². The maximum Gasteiger partial charge on any atom is 0.253 e. The molecule has 0 spiro atoms. The van der Waals surface area contributed by atoms with Crippen LogP contribution in [0, 0.1) is 0 Å². The van der Waals surface area contributed by atoms with Gasteiger partial charge in [0, 0.05) is 16.7 Å². The number of unbranched alkanes of at least 4 members (excludes halogenated alkanes) is 2. The second-order valence-electron chi connectivity index (χ2n) is 4.04. The van der Waals surface area contributed by atoms with Crippen molar-refractivity contribution in [2.24, 2.45) is 0 Å². The molecule has 1 amide bonds. The molecule has 5 heteroatoms. The predicted octanol–water partition coefficient (Wildman–Crippen LogP) is 3.29. The van der Waals surface area contributed by atoms with E-state index in [1.54, 1.807) is 12.1 Å². The molecule has 100 valence electrons. The minimum absolute atomic E-state index is 0.0927. The lowest BCUT2D eigenvalue weighted by Crippen LogP contribution is -2.25. The molecule has 1 aromatic carbocycles. The Kier molecular flexibility index (Phi) is 7.20. The molecule has 0 unspecified atom stereocenters. The molecule has 0 aliphatic carbocycles. The summed E-state index contributed by atoms with van der Waals surface area (Å²) in [5.74, 6) is 1.10. The standard InChI is InChI=1S/C13H19BrN2OS/c1-18-8-4-2-3-7-16-13(17)11-6-5-10(14)9-12(11)15/h5-6,9H,2-4,7-8,15H2,1H3,(H,16,17). The van der Waals surface area contributed by atoms with Crippen molar-refractivity contribution in [2.45, 2.75) is 19.3 Å². The SMILES string of the molecule is CSCCCCCNC(=O)c1ccc(Br)cc1N. The summed E-state index contributed by atoms with van der Waals surface area (Å²) in [5, 5.41) is 2.90. The van der Waals surface area contributed by atoms with E-state index in [0.29, 0.717) is 17.8 Å². The highest BCUT2D eigenvalue weighted by atomic mass is 79.9. The lowest BCUT2D eigenvalue weighted by atomic mass is 10.1. The van der Waals surface area contributed by atoms with Gasteiger partial charge in [-0.15, -0.1) is 0 Å². The Morgan fingerprint density at radius 1 is 1.39 bits per heavy atom. The Bertz CT molecular complexity index is 399. The number of carbonyl (C=O) groups excluding carboxylic acids is 1. The van der Waals surface area contributed by atoms with Gasteiger partial charge in [0.25, 0.3) is 5.91 Å². The first kappa shape index (κ1) is 15.4. The molecule has 0 saturated heterocycles. The summed E-state index contributed by atoms with van der Waals surface area (Å²) in [6, 6.07) is 5.31. The molecule has 3 N–H and O–H groups in total. The molecule has 0 saturated carbocycles. The lowest BCUT2D eigenvalue weighted by molar-refractivity contribution is 0.0954. The second-order valence-corrected chi connectivity index (χ2v) is 5.94. The third-order valence-electron chi connectivity index (χ3n) is 2.57. The van der Waals surface area contributed by atoms with Crippen molar-refractivity contribution in [2.75, 3.05) is 24.3 Å². The topological polar surface area (TPSA) is 55.1 Å². The van der Waals surface area contributed by atoms with Crippen LogP contribution in [0.4, 0.5) is 5.69 Å². The predicted molar refractivity (Wildman–Crippen MR) is 83.1 cm³/mol. The lowest BCUT2D eigenvalue weighted by Gasteiger charge is -2.07. The van der Waals surface area contributed by atoms with Crippen LogP contribution in [0.25, 0.3) is 0 Å². The number of amides is 1. The first-order valence-electron chi connectivity index (χ1n) is 5.97. The average Bonchev–Trinajstić information content (AvgIpc) is 2.33. The van der Waals surface area contributed by atoms with Crippen molar-refractivity contribution < 1.29 is 4.79 Å². The van der Waals surface area contributed by atoms with Crippen molar-refractivity contribution >= 4 is 39.3 Å². The number of hydrogen-bond acceptors (Lipinski definition) is 3. The molecule has 0 fully saturated rings. The third kappa shape index (κ3) is 5.31. The van der Waals surface area contributed by atoms with Gasteiger partial charge in [0.05, 0.1) is 5.56 Å². The molecule has 0 radical (unpaired) electrons. The van der Waals surface area contributed by atoms with Gasteiger partial charge < -0.3 is 11.1 Å². The highest BCUT2D eigenvalue weighted by Gasteiger charge is 2.08. The van der Waals surface area contributed by atoms with E-state index in [1.807, 2.05) is 17.8 Å². The van der Waals surface area contributed by atoms with E-state index in [-0.39, 0.29) is 5.91 Å². The van der Waals surface area contributed by atoms with Crippen molar-refractivity contribution in [3.8, 4) is 0 Å². The van der Waals surface area contributed by atoms with Gasteiger partial charge in [-0.1, -0.05) is 22.4 Å². The zero-order valence-corrected chi connectivity index (χ0v) is 12.9. The van der Waals surface area contributed by atoms with Crippen LogP contribution in [0.15, 0.2) is 22.7 Å². The Balaban J connectivity index is 2.32. The first-order chi connectivity index (χ1) is 8.65. The summed E-state index contributed by atoms with van der Waals surface area (Å²) < 4.78 is 0.883. The van der Waals surface area contributed by atoms with Crippen molar-refractivity contribution in [1.29, 1.82) is 0 Å². The van der Waals surface area contributed by atoms with Crippen molar-refractivity contribution in [1.82, 2.24) is 5.32 Å². The summed E-state index contributed by atoms with van der Waals surface area (Å²) in [6.45, 7) is 0.711. The van der Waals surface area contributed by atoms with Gasteiger partial charge in [-0.2, -0.15) is 11.8 Å². The molecule has 18 heavy (non-hydrogen) atoms. The largest absolute Gasteiger partial charge is 0.398 e. The molecule has 0 heterocycles. The molecule has 1 rings (SSSR count). The molecule has 0 aromatic heterocycles. The number of nitrogens with two attached hydrogens (primary N) is 1. The number of thioether (sulfide) groups is 1. The van der Waals surface area contributed by atoms with E-state index in [2.05, 4.69) is 27.5 Å². The van der Waals surface area contributed by atoms with E-state index in [9.17, 15) is 4.79 Å². The van der Waals surface area contributed by atoms with E-state index in [4.69, 9.17) is 5.73 Å². The molecule has 0 aliphatic heterocycles. The number of carbonyl (C=O) groups is 1. The molecule has 0 aliphatic rings. The number of benzene rings is 1. The van der Waals surface area contributed by atoms with Gasteiger partial charge in [0.1, 0.15) is 0 Å². The Morgan fingerprint density at radius 2 is 2.17 bits per heavy atom. The minimum Gasteiger partial charge on any atom is -0.398 e. The van der Waals surface area contributed by atoms with Crippen LogP contribution in [-0.2, 0) is 0 Å². The number of anilines is 1. The van der Waals surface area contributed by atoms with Crippen LogP contribution < -0.4 is 11.1 Å². The fraction of sp³-hybridized carbons (Fsp3) is 0.462. The van der Waals surface area contributed by atoms with E-state index >= 15 is 0 Å². The monoisotopic (exact) mass is 330 g/mol. The number of halogens is 1. The zero-order valence-electron chi connectivity index (χ0n) is 10.5. The average molecular weight is 331 g/mol. The third-order valence-corrected chi connectivity index (χ3v) is 3.76. The highest BCUT2D eigenvalue weighted by molar-refractivity contribution is 9.10. The van der Waals surface area contributed by atoms with Crippen LogP contribution in [0.5, 0.6) is 0 Å². The van der Waals surface area contributed by atoms with Crippen LogP contribution in [0.2, 0.25) is 0 Å². The zero-order chi connectivity index (χ0) is 13.4. The maximum absolute atomic E-state index is 11.9. The van der Waals surface area contributed by atoms with E-state index in [1.165, 1.54) is 12.2 Å². The number of hydrogen-bond donors (Lipinski definition) is 2. The van der Waals surface area contributed by atoms with Crippen molar-refractivity contribution in [3.63, 3.8) is 0 Å². The smallest absolute Gasteiger partial charge is 0.253 e. The molecule has 0 bridgehead atoms. The summed E-state index contributed by atoms with van der Waals surface area (Å²) in [4.78, 5) is 11.9. The quantitative estimate of drug-likeness (QED) is 0.595. The number of rotatable bonds is 7. The second kappa shape index (κ2) is 8.43. The summed E-state index contributed by atoms with van der Waals surface area (Å²) in [5.41, 5.74) is 6.85. The fourth-order valence-electron chi connectivity index (χ4n) is 1.59. The van der Waals surface area contributed by atoms with Gasteiger partial charge in [0.15, 0.2) is 0 Å². The van der Waals surface area contributed by atoms with Crippen molar-refractivity contribution in [3.05, 3.63) is 28.2 Å². The molecule has 0 atom stereocenters. The van der Waals surface area contributed by atoms with Crippen LogP contribution in [0.1, 0.15) is 29.6 Å². The normalized spacial score (nSPS) is 10.3. The molecular weight excluding hydrogens is 312 g/mol. The van der Waals surface area contributed by atoms with Gasteiger partial charge >= 0.3 is 0 Å². The number of nitrogen functional groups attached to an aromatic ring is 1. The van der Waals surface area contributed by atoms with Crippen LogP contribution >= 0.6 is 27.7 Å². The highest BCUT2D eigenvalue weighted by Crippen LogP contribution is 2.18. The molecular formula is C13H19BrN2OS. The van der Waals surface area contributed by atoms with Gasteiger partial charge in [-0.3, -0.25) is 4.79 Å². The first-order valence-corrected chi connectivity index (χ1v) is 8.16. The maximum atomic E-state index is 11.9.